The van der Waals surface area contributed by atoms with E-state index in [1.807, 2.05) is 54.6 Å². The fourth-order valence-electron chi connectivity index (χ4n) is 5.12. The summed E-state index contributed by atoms with van der Waals surface area (Å²) < 4.78 is 22.7. The molecule has 4 aromatic rings. The minimum absolute atomic E-state index is 0.105. The number of nitro benzene ring substituents is 1. The van der Waals surface area contributed by atoms with Crippen molar-refractivity contribution in [2.75, 3.05) is 27.4 Å². The van der Waals surface area contributed by atoms with Gasteiger partial charge in [-0.3, -0.25) is 15.1 Å². The highest BCUT2D eigenvalue weighted by molar-refractivity contribution is 5.98. The molecule has 0 fully saturated rings. The van der Waals surface area contributed by atoms with Crippen LogP contribution in [0.25, 0.3) is 11.1 Å². The van der Waals surface area contributed by atoms with Gasteiger partial charge >= 0.3 is 0 Å². The molecule has 4 rings (SSSR count). The van der Waals surface area contributed by atoms with Crippen LogP contribution in [0.1, 0.15) is 55.5 Å². The Hall–Kier alpha value is -5.31. The number of rotatable bonds is 14. The van der Waals surface area contributed by atoms with E-state index in [-0.39, 0.29) is 11.4 Å². The first-order valence-electron chi connectivity index (χ1n) is 14.7. The SMILES string of the molecule is CC/C(=C(/c1ccc(OCCN=C(C)N)cc1)c1ccc(OC(C)c2cc(OC)c(OC)cc2[N+](=O)[O-])cc1)c1ccccc1. The average molecular weight is 610 g/mol. The summed E-state index contributed by atoms with van der Waals surface area (Å²) in [6.07, 6.45) is 0.181. The number of aliphatic imine (C=N–C) groups is 1. The number of methoxy groups -OCH3 is 2. The van der Waals surface area contributed by atoms with Crippen LogP contribution in [0.5, 0.6) is 23.0 Å². The lowest BCUT2D eigenvalue weighted by atomic mass is 9.88. The second-order valence-corrected chi connectivity index (χ2v) is 10.3. The van der Waals surface area contributed by atoms with Crippen LogP contribution in [0, 0.1) is 10.1 Å². The molecule has 9 nitrogen and oxygen atoms in total. The summed E-state index contributed by atoms with van der Waals surface area (Å²) in [6.45, 7) is 6.60. The lowest BCUT2D eigenvalue weighted by molar-refractivity contribution is -0.386. The van der Waals surface area contributed by atoms with E-state index in [1.165, 1.54) is 25.9 Å². The van der Waals surface area contributed by atoms with Gasteiger partial charge in [-0.15, -0.1) is 0 Å². The van der Waals surface area contributed by atoms with Gasteiger partial charge in [0.15, 0.2) is 11.5 Å². The number of hydrogen-bond acceptors (Lipinski definition) is 7. The summed E-state index contributed by atoms with van der Waals surface area (Å²) in [5, 5.41) is 11.9. The Morgan fingerprint density at radius 2 is 1.44 bits per heavy atom. The van der Waals surface area contributed by atoms with Crippen LogP contribution in [0.15, 0.2) is 96.0 Å². The van der Waals surface area contributed by atoms with E-state index in [0.29, 0.717) is 36.0 Å². The van der Waals surface area contributed by atoms with E-state index in [0.717, 1.165) is 34.4 Å². The van der Waals surface area contributed by atoms with Gasteiger partial charge in [-0.1, -0.05) is 61.5 Å². The number of amidine groups is 1. The zero-order valence-corrected chi connectivity index (χ0v) is 26.3. The summed E-state index contributed by atoms with van der Waals surface area (Å²) in [4.78, 5) is 15.6. The van der Waals surface area contributed by atoms with Gasteiger partial charge in [-0.2, -0.15) is 0 Å². The molecule has 0 spiro atoms. The molecular weight excluding hydrogens is 570 g/mol. The fraction of sp³-hybridized carbons (Fsp3) is 0.250. The Kier molecular flexibility index (Phi) is 11.2. The number of nitro groups is 1. The lowest BCUT2D eigenvalue weighted by Crippen LogP contribution is -2.09. The molecule has 2 N–H and O–H groups in total. The Morgan fingerprint density at radius 3 is 1.98 bits per heavy atom. The van der Waals surface area contributed by atoms with Crippen molar-refractivity contribution in [1.29, 1.82) is 0 Å². The lowest BCUT2D eigenvalue weighted by Gasteiger charge is -2.19. The minimum Gasteiger partial charge on any atom is -0.493 e. The predicted molar refractivity (Wildman–Crippen MR) is 178 cm³/mol. The number of ether oxygens (including phenoxy) is 4. The number of nitrogens with two attached hydrogens (primary N) is 1. The van der Waals surface area contributed by atoms with E-state index >= 15 is 0 Å². The Labute approximate surface area is 264 Å². The van der Waals surface area contributed by atoms with Crippen molar-refractivity contribution in [1.82, 2.24) is 0 Å². The molecule has 0 aliphatic heterocycles. The monoisotopic (exact) mass is 609 g/mol. The second-order valence-electron chi connectivity index (χ2n) is 10.3. The maximum Gasteiger partial charge on any atom is 0.280 e. The molecule has 0 aliphatic carbocycles. The van der Waals surface area contributed by atoms with Crippen LogP contribution in [-0.4, -0.2) is 38.1 Å². The molecule has 0 heterocycles. The zero-order chi connectivity index (χ0) is 32.3. The second kappa shape index (κ2) is 15.4. The normalized spacial score (nSPS) is 12.6. The predicted octanol–water partition coefficient (Wildman–Crippen LogP) is 7.88. The van der Waals surface area contributed by atoms with E-state index < -0.39 is 11.0 Å². The van der Waals surface area contributed by atoms with E-state index in [4.69, 9.17) is 24.7 Å². The van der Waals surface area contributed by atoms with Gasteiger partial charge in [0, 0.05) is 0 Å². The minimum atomic E-state index is -0.631. The van der Waals surface area contributed by atoms with Crippen molar-refractivity contribution in [3.63, 3.8) is 0 Å². The van der Waals surface area contributed by atoms with Gasteiger partial charge in [-0.25, -0.2) is 0 Å². The third-order valence-corrected chi connectivity index (χ3v) is 7.27. The van der Waals surface area contributed by atoms with Gasteiger partial charge in [0.05, 0.1) is 43.2 Å². The molecule has 0 bridgehead atoms. The van der Waals surface area contributed by atoms with Gasteiger partial charge in [0.25, 0.3) is 5.69 Å². The molecule has 0 saturated carbocycles. The molecule has 4 aromatic carbocycles. The molecule has 1 atom stereocenters. The standard InChI is InChI=1S/C36H39N3O6/c1-6-31(26-10-8-7-9-11-26)36(27-12-16-29(17-13-27)44-21-20-38-25(3)37)28-14-18-30(19-15-28)45-24(2)32-22-34(42-4)35(43-5)23-33(32)39(40)41/h7-19,22-24H,6,20-21H2,1-5H3,(H2,37,38)/b36-31+. The van der Waals surface area contributed by atoms with E-state index in [9.17, 15) is 10.1 Å². The molecule has 0 amide bonds. The number of hydrogen-bond donors (Lipinski definition) is 1. The van der Waals surface area contributed by atoms with Crippen LogP contribution >= 0.6 is 0 Å². The van der Waals surface area contributed by atoms with Crippen LogP contribution in [0.3, 0.4) is 0 Å². The van der Waals surface area contributed by atoms with Gasteiger partial charge in [0.2, 0.25) is 0 Å². The summed E-state index contributed by atoms with van der Waals surface area (Å²) >= 11 is 0. The highest BCUT2D eigenvalue weighted by Crippen LogP contribution is 2.39. The first-order valence-corrected chi connectivity index (χ1v) is 14.7. The number of nitrogens with zero attached hydrogens (tertiary/aromatic N) is 2. The highest BCUT2D eigenvalue weighted by atomic mass is 16.6. The Balaban J connectivity index is 1.66. The largest absolute Gasteiger partial charge is 0.493 e. The Bertz CT molecular complexity index is 1650. The van der Waals surface area contributed by atoms with Gasteiger partial charge < -0.3 is 24.7 Å². The van der Waals surface area contributed by atoms with Gasteiger partial charge in [0.1, 0.15) is 24.2 Å². The number of allylic oxidation sites excluding steroid dienone is 1. The van der Waals surface area contributed by atoms with Crippen LogP contribution in [0.2, 0.25) is 0 Å². The average Bonchev–Trinajstić information content (AvgIpc) is 3.06. The topological polar surface area (TPSA) is 118 Å². The summed E-state index contributed by atoms with van der Waals surface area (Å²) in [7, 11) is 2.93. The molecule has 0 saturated heterocycles. The molecule has 234 valence electrons. The quantitative estimate of drug-likeness (QED) is 0.0386. The molecule has 1 unspecified atom stereocenters. The third-order valence-electron chi connectivity index (χ3n) is 7.27. The summed E-state index contributed by atoms with van der Waals surface area (Å²) in [5.74, 6) is 2.53. The smallest absolute Gasteiger partial charge is 0.280 e. The summed E-state index contributed by atoms with van der Waals surface area (Å²) in [6, 6.07) is 29.1. The molecule has 9 heteroatoms. The van der Waals surface area contributed by atoms with E-state index in [1.54, 1.807) is 19.9 Å². The molecule has 45 heavy (non-hydrogen) atoms. The van der Waals surface area contributed by atoms with Crippen molar-refractivity contribution in [3.8, 4) is 23.0 Å². The van der Waals surface area contributed by atoms with Crippen molar-refractivity contribution < 1.29 is 23.9 Å². The summed E-state index contributed by atoms with van der Waals surface area (Å²) in [5.41, 5.74) is 11.4. The third kappa shape index (κ3) is 8.20. The van der Waals surface area contributed by atoms with Crippen LogP contribution in [0.4, 0.5) is 5.69 Å². The maximum atomic E-state index is 11.9. The van der Waals surface area contributed by atoms with Crippen molar-refractivity contribution in [2.45, 2.75) is 33.3 Å². The van der Waals surface area contributed by atoms with Crippen molar-refractivity contribution in [3.05, 3.63) is 123 Å². The Morgan fingerprint density at radius 1 is 0.867 bits per heavy atom. The van der Waals surface area contributed by atoms with E-state index in [2.05, 4.69) is 36.2 Å². The maximum absolute atomic E-state index is 11.9. The van der Waals surface area contributed by atoms with Gasteiger partial charge in [-0.05, 0) is 78.4 Å². The molecule has 0 radical (unpaired) electrons. The molecule has 0 aliphatic rings. The van der Waals surface area contributed by atoms with Crippen molar-refractivity contribution >= 4 is 22.7 Å². The first-order chi connectivity index (χ1) is 21.7. The fourth-order valence-corrected chi connectivity index (χ4v) is 5.12. The zero-order valence-electron chi connectivity index (χ0n) is 26.3. The van der Waals surface area contributed by atoms with Crippen LogP contribution in [-0.2, 0) is 0 Å². The molecular formula is C36H39N3O6. The highest BCUT2D eigenvalue weighted by Gasteiger charge is 2.25. The van der Waals surface area contributed by atoms with Crippen LogP contribution < -0.4 is 24.7 Å². The molecule has 0 aromatic heterocycles. The number of benzene rings is 4. The van der Waals surface area contributed by atoms with Crippen molar-refractivity contribution in [2.24, 2.45) is 10.7 Å². The first kappa shape index (κ1) is 32.6.